The molecule has 0 saturated heterocycles. The SMILES string of the molecule is CCCC/C=C\CCCCCCCC(=O)OCC(COC(=O)CCCCCCCC/C=C\C/C=C\C/C=C\CCCCC)OC(=O)CCCCCCCCCCCCCCCCCC. The van der Waals surface area contributed by atoms with Crippen LogP contribution in [0.3, 0.4) is 0 Å². The average Bonchev–Trinajstić information content (AvgIpc) is 3.29. The molecule has 0 aliphatic heterocycles. The van der Waals surface area contributed by atoms with Crippen LogP contribution in [0.5, 0.6) is 0 Å². The fraction of sp³-hybridized carbons (Fsp3) is 0.810. The van der Waals surface area contributed by atoms with Crippen molar-refractivity contribution in [2.45, 2.75) is 290 Å². The standard InChI is InChI=1S/C58H104O6/c1-4-7-10-13-16-19-22-24-26-28-29-30-32-33-36-39-42-45-48-51-57(60)63-54-55(53-62-56(59)50-47-44-41-38-35-21-18-15-12-9-6-3)64-58(61)52-49-46-43-40-37-34-31-27-25-23-20-17-14-11-8-5-2/h15-16,18-19,24,26,29-30,55H,4-14,17,20-23,25,27-28,31-54H2,1-3H3/b18-15-,19-16-,26-24-,30-29-. The number of hydrogen-bond acceptors (Lipinski definition) is 6. The molecule has 0 fully saturated rings. The summed E-state index contributed by atoms with van der Waals surface area (Å²) in [5.74, 6) is -0.889. The maximum Gasteiger partial charge on any atom is 0.306 e. The van der Waals surface area contributed by atoms with Gasteiger partial charge in [-0.1, -0.05) is 236 Å². The van der Waals surface area contributed by atoms with Gasteiger partial charge in [0.15, 0.2) is 6.10 Å². The van der Waals surface area contributed by atoms with E-state index in [1.165, 1.54) is 161 Å². The number of ether oxygens (including phenoxy) is 3. The Labute approximate surface area is 397 Å². The normalized spacial score (nSPS) is 12.4. The fourth-order valence-electron chi connectivity index (χ4n) is 7.84. The van der Waals surface area contributed by atoms with Gasteiger partial charge in [0.1, 0.15) is 13.2 Å². The van der Waals surface area contributed by atoms with Crippen LogP contribution in [0, 0.1) is 0 Å². The number of carbonyl (C=O) groups excluding carboxylic acids is 3. The third-order valence-electron chi connectivity index (χ3n) is 12.1. The molecule has 6 heteroatoms. The summed E-state index contributed by atoms with van der Waals surface area (Å²) < 4.78 is 16.8. The molecule has 1 atom stereocenters. The Morgan fingerprint density at radius 3 is 0.969 bits per heavy atom. The van der Waals surface area contributed by atoms with E-state index in [-0.39, 0.29) is 31.1 Å². The molecule has 0 radical (unpaired) electrons. The Morgan fingerprint density at radius 2 is 0.578 bits per heavy atom. The first-order valence-electron chi connectivity index (χ1n) is 27.6. The monoisotopic (exact) mass is 897 g/mol. The summed E-state index contributed by atoms with van der Waals surface area (Å²) >= 11 is 0. The molecule has 0 aromatic carbocycles. The maximum absolute atomic E-state index is 12.8. The van der Waals surface area contributed by atoms with Gasteiger partial charge in [0.05, 0.1) is 0 Å². The number of esters is 3. The molecule has 1 unspecified atom stereocenters. The molecule has 0 aromatic heterocycles. The fourth-order valence-corrected chi connectivity index (χ4v) is 7.84. The van der Waals surface area contributed by atoms with Gasteiger partial charge in [-0.3, -0.25) is 14.4 Å². The third kappa shape index (κ3) is 50.4. The number of hydrogen-bond donors (Lipinski definition) is 0. The van der Waals surface area contributed by atoms with Crippen LogP contribution in [0.1, 0.15) is 284 Å². The smallest absolute Gasteiger partial charge is 0.306 e. The van der Waals surface area contributed by atoms with Crippen molar-refractivity contribution in [3.63, 3.8) is 0 Å². The van der Waals surface area contributed by atoms with Gasteiger partial charge < -0.3 is 14.2 Å². The van der Waals surface area contributed by atoms with Crippen molar-refractivity contribution < 1.29 is 28.6 Å². The summed E-state index contributed by atoms with van der Waals surface area (Å²) in [6.07, 6.45) is 63.8. The van der Waals surface area contributed by atoms with Gasteiger partial charge >= 0.3 is 17.9 Å². The first-order valence-corrected chi connectivity index (χ1v) is 27.6. The first kappa shape index (κ1) is 61.4. The molecule has 0 aliphatic rings. The van der Waals surface area contributed by atoms with Crippen molar-refractivity contribution >= 4 is 17.9 Å². The lowest BCUT2D eigenvalue weighted by molar-refractivity contribution is -0.167. The summed E-state index contributed by atoms with van der Waals surface area (Å²) in [5, 5.41) is 0. The predicted molar refractivity (Wildman–Crippen MR) is 275 cm³/mol. The zero-order chi connectivity index (χ0) is 46.5. The highest BCUT2D eigenvalue weighted by atomic mass is 16.6. The maximum atomic E-state index is 12.8. The third-order valence-corrected chi connectivity index (χ3v) is 12.1. The molecule has 0 aromatic rings. The van der Waals surface area contributed by atoms with Crippen molar-refractivity contribution in [1.82, 2.24) is 0 Å². The second-order valence-electron chi connectivity index (χ2n) is 18.5. The summed E-state index contributed by atoms with van der Waals surface area (Å²) in [5.41, 5.74) is 0. The summed E-state index contributed by atoms with van der Waals surface area (Å²) in [6.45, 7) is 6.58. The van der Waals surface area contributed by atoms with Crippen LogP contribution in [-0.4, -0.2) is 37.2 Å². The molecule has 0 spiro atoms. The predicted octanol–water partition coefficient (Wildman–Crippen LogP) is 18.3. The van der Waals surface area contributed by atoms with Crippen molar-refractivity contribution in [2.24, 2.45) is 0 Å². The Balaban J connectivity index is 4.34. The molecular formula is C58H104O6. The van der Waals surface area contributed by atoms with Gasteiger partial charge in [-0.15, -0.1) is 0 Å². The van der Waals surface area contributed by atoms with E-state index in [0.29, 0.717) is 19.3 Å². The molecular weight excluding hydrogens is 793 g/mol. The van der Waals surface area contributed by atoms with Gasteiger partial charge in [-0.2, -0.15) is 0 Å². The van der Waals surface area contributed by atoms with Gasteiger partial charge in [0.25, 0.3) is 0 Å². The zero-order valence-corrected chi connectivity index (χ0v) is 42.6. The molecule has 64 heavy (non-hydrogen) atoms. The lowest BCUT2D eigenvalue weighted by atomic mass is 10.0. The van der Waals surface area contributed by atoms with Crippen molar-refractivity contribution in [3.8, 4) is 0 Å². The molecule has 6 nitrogen and oxygen atoms in total. The molecule has 0 saturated carbocycles. The minimum absolute atomic E-state index is 0.0794. The van der Waals surface area contributed by atoms with Crippen LogP contribution >= 0.6 is 0 Å². The van der Waals surface area contributed by atoms with Gasteiger partial charge in [0, 0.05) is 19.3 Å². The summed E-state index contributed by atoms with van der Waals surface area (Å²) in [4.78, 5) is 38.0. The van der Waals surface area contributed by atoms with Crippen LogP contribution in [0.15, 0.2) is 48.6 Å². The number of carbonyl (C=O) groups is 3. The molecule has 0 aliphatic carbocycles. The number of unbranched alkanes of at least 4 members (excludes halogenated alkanes) is 31. The number of rotatable bonds is 50. The molecule has 372 valence electrons. The van der Waals surface area contributed by atoms with E-state index in [4.69, 9.17) is 14.2 Å². The highest BCUT2D eigenvalue weighted by Gasteiger charge is 2.19. The highest BCUT2D eigenvalue weighted by molar-refractivity contribution is 5.71. The van der Waals surface area contributed by atoms with Crippen LogP contribution in [0.4, 0.5) is 0 Å². The summed E-state index contributed by atoms with van der Waals surface area (Å²) in [7, 11) is 0. The van der Waals surface area contributed by atoms with E-state index in [1.54, 1.807) is 0 Å². The molecule has 0 rings (SSSR count). The molecule has 0 amide bonds. The molecule has 0 heterocycles. The van der Waals surface area contributed by atoms with Crippen molar-refractivity contribution in [3.05, 3.63) is 48.6 Å². The minimum Gasteiger partial charge on any atom is -0.462 e. The van der Waals surface area contributed by atoms with Gasteiger partial charge in [0.2, 0.25) is 0 Å². The van der Waals surface area contributed by atoms with E-state index >= 15 is 0 Å². The highest BCUT2D eigenvalue weighted by Crippen LogP contribution is 2.16. The minimum atomic E-state index is -0.779. The largest absolute Gasteiger partial charge is 0.462 e. The Morgan fingerprint density at radius 1 is 0.312 bits per heavy atom. The Bertz CT molecular complexity index is 1120. The van der Waals surface area contributed by atoms with Crippen LogP contribution in [0.2, 0.25) is 0 Å². The quantitative estimate of drug-likeness (QED) is 0.0262. The molecule has 0 bridgehead atoms. The van der Waals surface area contributed by atoms with Crippen molar-refractivity contribution in [1.29, 1.82) is 0 Å². The first-order chi connectivity index (χ1) is 31.5. The number of allylic oxidation sites excluding steroid dienone is 8. The van der Waals surface area contributed by atoms with Crippen LogP contribution in [-0.2, 0) is 28.6 Å². The Hall–Kier alpha value is -2.63. The lowest BCUT2D eigenvalue weighted by Gasteiger charge is -2.18. The van der Waals surface area contributed by atoms with E-state index in [9.17, 15) is 14.4 Å². The Kier molecular flexibility index (Phi) is 50.8. The van der Waals surface area contributed by atoms with E-state index in [0.717, 1.165) is 83.5 Å². The van der Waals surface area contributed by atoms with Crippen LogP contribution < -0.4 is 0 Å². The van der Waals surface area contributed by atoms with E-state index in [2.05, 4.69) is 69.4 Å². The van der Waals surface area contributed by atoms with Crippen molar-refractivity contribution in [2.75, 3.05) is 13.2 Å². The van der Waals surface area contributed by atoms with Crippen LogP contribution in [0.25, 0.3) is 0 Å². The van der Waals surface area contributed by atoms with E-state index in [1.807, 2.05) is 0 Å². The average molecular weight is 897 g/mol. The van der Waals surface area contributed by atoms with Gasteiger partial charge in [-0.05, 0) is 77.0 Å². The summed E-state index contributed by atoms with van der Waals surface area (Å²) in [6, 6.07) is 0. The van der Waals surface area contributed by atoms with Gasteiger partial charge in [-0.25, -0.2) is 0 Å². The second-order valence-corrected chi connectivity index (χ2v) is 18.5. The zero-order valence-electron chi connectivity index (χ0n) is 42.6. The second kappa shape index (κ2) is 53.0. The molecule has 0 N–H and O–H groups in total. The lowest BCUT2D eigenvalue weighted by Crippen LogP contribution is -2.30. The topological polar surface area (TPSA) is 78.9 Å². The van der Waals surface area contributed by atoms with E-state index < -0.39 is 6.10 Å².